The minimum atomic E-state index is -0.589. The van der Waals surface area contributed by atoms with Gasteiger partial charge in [-0.15, -0.1) is 0 Å². The summed E-state index contributed by atoms with van der Waals surface area (Å²) in [5, 5.41) is 33.8. The van der Waals surface area contributed by atoms with Crippen molar-refractivity contribution in [2.24, 2.45) is 11.8 Å². The molecule has 0 heterocycles. The van der Waals surface area contributed by atoms with E-state index < -0.39 is 18.3 Å². The van der Waals surface area contributed by atoms with E-state index in [1.807, 2.05) is 55.5 Å². The number of rotatable bonds is 12. The van der Waals surface area contributed by atoms with E-state index in [0.717, 1.165) is 19.3 Å². The van der Waals surface area contributed by atoms with Gasteiger partial charge in [-0.1, -0.05) is 54.6 Å². The predicted molar refractivity (Wildman–Crippen MR) is 120 cm³/mol. The standard InChI is InChI=1S/C25H37NO4/c1-2-26-25(30)13-9-4-3-8-12-21-22(24(29)18-23(21)28)17-16-20(27)15-14-19-10-6-5-7-11-19/h3,5-8,10-11,16-17,20-24,27-29H,2,4,9,12-15,18H2,1H3,(H,26,30)/t20?,21-,22-,23+,24-/m1/s1. The minimum Gasteiger partial charge on any atom is -0.393 e. The van der Waals surface area contributed by atoms with Crippen LogP contribution in [-0.2, 0) is 11.2 Å². The fourth-order valence-electron chi connectivity index (χ4n) is 4.06. The van der Waals surface area contributed by atoms with Crippen LogP contribution in [0.4, 0.5) is 0 Å². The van der Waals surface area contributed by atoms with Crippen LogP contribution in [0.5, 0.6) is 0 Å². The number of aryl methyl sites for hydroxylation is 1. The van der Waals surface area contributed by atoms with Crippen LogP contribution < -0.4 is 5.32 Å². The average molecular weight is 416 g/mol. The normalized spacial score (nSPS) is 25.2. The summed E-state index contributed by atoms with van der Waals surface area (Å²) < 4.78 is 0. The lowest BCUT2D eigenvalue weighted by Gasteiger charge is -2.19. The number of carbonyl (C=O) groups excluding carboxylic acids is 1. The van der Waals surface area contributed by atoms with Gasteiger partial charge in [-0.2, -0.15) is 0 Å². The van der Waals surface area contributed by atoms with Crippen LogP contribution in [0.2, 0.25) is 0 Å². The minimum absolute atomic E-state index is 0.0581. The number of amides is 1. The summed E-state index contributed by atoms with van der Waals surface area (Å²) in [6.07, 6.45) is 10.6. The lowest BCUT2D eigenvalue weighted by Crippen LogP contribution is -2.21. The Kier molecular flexibility index (Phi) is 10.8. The summed E-state index contributed by atoms with van der Waals surface area (Å²) in [6, 6.07) is 10.1. The molecule has 1 aromatic carbocycles. The van der Waals surface area contributed by atoms with Gasteiger partial charge in [-0.05, 0) is 50.5 Å². The van der Waals surface area contributed by atoms with Crippen molar-refractivity contribution in [3.8, 4) is 0 Å². The third-order valence-corrected chi connectivity index (χ3v) is 5.77. The Bertz CT molecular complexity index is 673. The molecule has 5 atom stereocenters. The summed E-state index contributed by atoms with van der Waals surface area (Å²) in [4.78, 5) is 11.4. The Labute approximate surface area is 180 Å². The molecule has 30 heavy (non-hydrogen) atoms. The molecule has 166 valence electrons. The Balaban J connectivity index is 1.78. The van der Waals surface area contributed by atoms with Crippen molar-refractivity contribution in [1.29, 1.82) is 0 Å². The number of aliphatic hydroxyl groups is 3. The summed E-state index contributed by atoms with van der Waals surface area (Å²) >= 11 is 0. The Hall–Kier alpha value is -1.95. The van der Waals surface area contributed by atoms with E-state index in [-0.39, 0.29) is 17.7 Å². The molecule has 0 spiro atoms. The molecule has 0 saturated heterocycles. The smallest absolute Gasteiger partial charge is 0.219 e. The first-order chi connectivity index (χ1) is 14.5. The van der Waals surface area contributed by atoms with Gasteiger partial charge in [0.05, 0.1) is 18.3 Å². The van der Waals surface area contributed by atoms with Gasteiger partial charge < -0.3 is 20.6 Å². The molecule has 1 amide bonds. The van der Waals surface area contributed by atoms with Gasteiger partial charge in [0.15, 0.2) is 0 Å². The Morgan fingerprint density at radius 2 is 1.97 bits per heavy atom. The first kappa shape index (κ1) is 24.3. The van der Waals surface area contributed by atoms with E-state index in [1.54, 1.807) is 6.08 Å². The van der Waals surface area contributed by atoms with Crippen LogP contribution in [0.15, 0.2) is 54.6 Å². The molecule has 0 aromatic heterocycles. The average Bonchev–Trinajstić information content (AvgIpc) is 3.00. The number of benzene rings is 1. The van der Waals surface area contributed by atoms with Crippen molar-refractivity contribution in [2.75, 3.05) is 6.54 Å². The summed E-state index contributed by atoms with van der Waals surface area (Å²) in [5.74, 6) is -0.139. The quantitative estimate of drug-likeness (QED) is 0.312. The van der Waals surface area contributed by atoms with Crippen molar-refractivity contribution in [3.05, 3.63) is 60.2 Å². The monoisotopic (exact) mass is 415 g/mol. The molecule has 1 aliphatic rings. The second kappa shape index (κ2) is 13.4. The molecule has 0 aliphatic heterocycles. The van der Waals surface area contributed by atoms with Gasteiger partial charge in [0.1, 0.15) is 0 Å². The number of nitrogens with one attached hydrogen (secondary N) is 1. The molecule has 4 N–H and O–H groups in total. The highest BCUT2D eigenvalue weighted by molar-refractivity contribution is 5.75. The largest absolute Gasteiger partial charge is 0.393 e. The van der Waals surface area contributed by atoms with Crippen molar-refractivity contribution >= 4 is 5.91 Å². The van der Waals surface area contributed by atoms with Gasteiger partial charge in [0.25, 0.3) is 0 Å². The van der Waals surface area contributed by atoms with Crippen LogP contribution in [-0.4, -0.2) is 46.1 Å². The van der Waals surface area contributed by atoms with E-state index >= 15 is 0 Å². The number of carbonyl (C=O) groups is 1. The molecule has 5 nitrogen and oxygen atoms in total. The molecule has 1 saturated carbocycles. The lowest BCUT2D eigenvalue weighted by atomic mass is 9.89. The van der Waals surface area contributed by atoms with Gasteiger partial charge in [-0.25, -0.2) is 0 Å². The Morgan fingerprint density at radius 3 is 2.70 bits per heavy atom. The zero-order chi connectivity index (χ0) is 21.8. The number of hydrogen-bond donors (Lipinski definition) is 4. The van der Waals surface area contributed by atoms with Crippen molar-refractivity contribution in [1.82, 2.24) is 5.32 Å². The maximum atomic E-state index is 11.4. The summed E-state index contributed by atoms with van der Waals surface area (Å²) in [5.41, 5.74) is 1.19. The second-order valence-electron chi connectivity index (χ2n) is 8.14. The molecule has 1 unspecified atom stereocenters. The van der Waals surface area contributed by atoms with E-state index in [2.05, 4.69) is 5.32 Å². The van der Waals surface area contributed by atoms with E-state index in [0.29, 0.717) is 32.2 Å². The zero-order valence-electron chi connectivity index (χ0n) is 18.0. The topological polar surface area (TPSA) is 89.8 Å². The highest BCUT2D eigenvalue weighted by Crippen LogP contribution is 2.36. The first-order valence-corrected chi connectivity index (χ1v) is 11.2. The lowest BCUT2D eigenvalue weighted by molar-refractivity contribution is -0.121. The molecule has 2 rings (SSSR count). The maximum Gasteiger partial charge on any atom is 0.219 e. The van der Waals surface area contributed by atoms with Crippen LogP contribution in [0, 0.1) is 11.8 Å². The molecular formula is C25H37NO4. The fraction of sp³-hybridized carbons (Fsp3) is 0.560. The van der Waals surface area contributed by atoms with E-state index in [4.69, 9.17) is 0 Å². The van der Waals surface area contributed by atoms with Crippen molar-refractivity contribution in [3.63, 3.8) is 0 Å². The van der Waals surface area contributed by atoms with E-state index in [1.165, 1.54) is 5.56 Å². The molecule has 0 radical (unpaired) electrons. The number of unbranched alkanes of at least 4 members (excludes halogenated alkanes) is 1. The highest BCUT2D eigenvalue weighted by atomic mass is 16.3. The molecular weight excluding hydrogens is 378 g/mol. The Morgan fingerprint density at radius 1 is 1.20 bits per heavy atom. The van der Waals surface area contributed by atoms with Crippen LogP contribution >= 0.6 is 0 Å². The number of hydrogen-bond acceptors (Lipinski definition) is 4. The highest BCUT2D eigenvalue weighted by Gasteiger charge is 2.39. The van der Waals surface area contributed by atoms with Crippen LogP contribution in [0.3, 0.4) is 0 Å². The van der Waals surface area contributed by atoms with Crippen molar-refractivity contribution in [2.45, 2.75) is 70.2 Å². The van der Waals surface area contributed by atoms with Gasteiger partial charge in [0, 0.05) is 25.3 Å². The number of aliphatic hydroxyl groups excluding tert-OH is 3. The zero-order valence-corrected chi connectivity index (χ0v) is 18.0. The first-order valence-electron chi connectivity index (χ1n) is 11.2. The second-order valence-corrected chi connectivity index (χ2v) is 8.14. The third kappa shape index (κ3) is 8.42. The van der Waals surface area contributed by atoms with Gasteiger partial charge in [0.2, 0.25) is 5.91 Å². The van der Waals surface area contributed by atoms with Crippen LogP contribution in [0.1, 0.15) is 51.0 Å². The number of allylic oxidation sites excluding steroid dienone is 2. The van der Waals surface area contributed by atoms with Gasteiger partial charge in [-0.3, -0.25) is 4.79 Å². The van der Waals surface area contributed by atoms with Crippen LogP contribution in [0.25, 0.3) is 0 Å². The maximum absolute atomic E-state index is 11.4. The molecule has 1 aliphatic carbocycles. The molecule has 1 fully saturated rings. The molecule has 0 bridgehead atoms. The summed E-state index contributed by atoms with van der Waals surface area (Å²) in [7, 11) is 0. The van der Waals surface area contributed by atoms with Gasteiger partial charge >= 0.3 is 0 Å². The third-order valence-electron chi connectivity index (χ3n) is 5.77. The molecule has 1 aromatic rings. The fourth-order valence-corrected chi connectivity index (χ4v) is 4.06. The van der Waals surface area contributed by atoms with Crippen molar-refractivity contribution < 1.29 is 20.1 Å². The predicted octanol–water partition coefficient (Wildman–Crippen LogP) is 3.15. The van der Waals surface area contributed by atoms with E-state index in [9.17, 15) is 20.1 Å². The SMILES string of the molecule is CCNC(=O)CCCC=CC[C@@H]1[C@@H](C=CC(O)CCc2ccccc2)[C@H](O)C[C@@H]1O. The summed E-state index contributed by atoms with van der Waals surface area (Å²) in [6.45, 7) is 2.57. The molecule has 5 heteroatoms.